The third-order valence-electron chi connectivity index (χ3n) is 3.13. The van der Waals surface area contributed by atoms with Crippen molar-refractivity contribution in [3.63, 3.8) is 0 Å². The lowest BCUT2D eigenvalue weighted by Gasteiger charge is -2.28. The van der Waals surface area contributed by atoms with E-state index in [1.54, 1.807) is 12.1 Å². The lowest BCUT2D eigenvalue weighted by molar-refractivity contribution is 0.224. The molecule has 0 aliphatic carbocycles. The molecule has 3 nitrogen and oxygen atoms in total. The van der Waals surface area contributed by atoms with Crippen molar-refractivity contribution in [3.05, 3.63) is 28.8 Å². The normalized spacial score (nSPS) is 13.3. The minimum Gasteiger partial charge on any atom is -0.506 e. The van der Waals surface area contributed by atoms with Crippen molar-refractivity contribution in [3.8, 4) is 5.75 Å². The predicted octanol–water partition coefficient (Wildman–Crippen LogP) is 2.72. The Balaban J connectivity index is 2.47. The molecule has 1 aromatic carbocycles. The Bertz CT molecular complexity index is 372. The smallest absolute Gasteiger partial charge is 0.134 e. The van der Waals surface area contributed by atoms with Crippen molar-refractivity contribution in [2.45, 2.75) is 26.4 Å². The van der Waals surface area contributed by atoms with Gasteiger partial charge in [0.05, 0.1) is 5.02 Å². The van der Waals surface area contributed by atoms with E-state index in [0.29, 0.717) is 17.0 Å². The fraction of sp³-hybridized carbons (Fsp3) is 0.571. The second-order valence-corrected chi connectivity index (χ2v) is 5.60. The fourth-order valence-electron chi connectivity index (χ4n) is 2.04. The third kappa shape index (κ3) is 4.48. The molecule has 1 unspecified atom stereocenters. The number of nitrogens with one attached hydrogen (secondary N) is 1. The summed E-state index contributed by atoms with van der Waals surface area (Å²) in [6.45, 7) is 6.15. The number of hydrogen-bond acceptors (Lipinski definition) is 3. The highest BCUT2D eigenvalue weighted by atomic mass is 35.5. The number of halogens is 1. The van der Waals surface area contributed by atoms with E-state index in [1.165, 1.54) is 0 Å². The van der Waals surface area contributed by atoms with Crippen molar-refractivity contribution in [1.29, 1.82) is 0 Å². The maximum atomic E-state index is 9.34. The van der Waals surface area contributed by atoms with Crippen LogP contribution in [0.1, 0.15) is 19.4 Å². The molecular formula is C14H23ClN2O. The maximum Gasteiger partial charge on any atom is 0.134 e. The van der Waals surface area contributed by atoms with Crippen LogP contribution >= 0.6 is 11.6 Å². The number of aromatic hydroxyl groups is 1. The molecule has 0 spiro atoms. The van der Waals surface area contributed by atoms with Crippen LogP contribution in [0.4, 0.5) is 0 Å². The van der Waals surface area contributed by atoms with Gasteiger partial charge in [-0.3, -0.25) is 0 Å². The van der Waals surface area contributed by atoms with Crippen LogP contribution in [0.5, 0.6) is 5.75 Å². The van der Waals surface area contributed by atoms with E-state index < -0.39 is 0 Å². The zero-order valence-electron chi connectivity index (χ0n) is 11.6. The molecule has 0 bridgehead atoms. The van der Waals surface area contributed by atoms with Crippen LogP contribution in [0, 0.1) is 5.92 Å². The Hall–Kier alpha value is -0.770. The molecule has 4 heteroatoms. The van der Waals surface area contributed by atoms with Crippen LogP contribution in [0.3, 0.4) is 0 Å². The van der Waals surface area contributed by atoms with E-state index in [1.807, 2.05) is 6.07 Å². The summed E-state index contributed by atoms with van der Waals surface area (Å²) in [7, 11) is 4.20. The number of benzene rings is 1. The van der Waals surface area contributed by atoms with Gasteiger partial charge in [-0.2, -0.15) is 0 Å². The Morgan fingerprint density at radius 1 is 1.33 bits per heavy atom. The van der Waals surface area contributed by atoms with Crippen molar-refractivity contribution in [2.75, 3.05) is 20.6 Å². The summed E-state index contributed by atoms with van der Waals surface area (Å²) in [6, 6.07) is 5.82. The Kier molecular flexibility index (Phi) is 5.93. The highest BCUT2D eigenvalue weighted by Gasteiger charge is 2.14. The van der Waals surface area contributed by atoms with Crippen LogP contribution < -0.4 is 5.32 Å². The molecule has 0 fully saturated rings. The van der Waals surface area contributed by atoms with Crippen molar-refractivity contribution < 1.29 is 5.11 Å². The van der Waals surface area contributed by atoms with Crippen LogP contribution in [-0.4, -0.2) is 36.7 Å². The zero-order chi connectivity index (χ0) is 13.7. The molecular weight excluding hydrogens is 248 g/mol. The molecule has 0 amide bonds. The van der Waals surface area contributed by atoms with Crippen LogP contribution in [-0.2, 0) is 6.54 Å². The first kappa shape index (κ1) is 15.3. The largest absolute Gasteiger partial charge is 0.506 e. The summed E-state index contributed by atoms with van der Waals surface area (Å²) in [5, 5.41) is 13.2. The second kappa shape index (κ2) is 6.98. The molecule has 1 atom stereocenters. The minimum atomic E-state index is 0.133. The topological polar surface area (TPSA) is 35.5 Å². The summed E-state index contributed by atoms with van der Waals surface area (Å²) in [5.74, 6) is 0.740. The van der Waals surface area contributed by atoms with Gasteiger partial charge in [0.2, 0.25) is 0 Å². The lowest BCUT2D eigenvalue weighted by atomic mass is 10.0. The molecule has 0 saturated carbocycles. The summed E-state index contributed by atoms with van der Waals surface area (Å²) >= 11 is 5.87. The summed E-state index contributed by atoms with van der Waals surface area (Å²) in [6.07, 6.45) is 0. The van der Waals surface area contributed by atoms with Gasteiger partial charge in [-0.05, 0) is 37.7 Å². The Morgan fingerprint density at radius 2 is 2.00 bits per heavy atom. The van der Waals surface area contributed by atoms with Crippen molar-refractivity contribution in [2.24, 2.45) is 5.92 Å². The van der Waals surface area contributed by atoms with Crippen molar-refractivity contribution in [1.82, 2.24) is 10.2 Å². The quantitative estimate of drug-likeness (QED) is 0.834. The second-order valence-electron chi connectivity index (χ2n) is 5.19. The highest BCUT2D eigenvalue weighted by molar-refractivity contribution is 6.32. The molecule has 1 rings (SSSR count). The van der Waals surface area contributed by atoms with E-state index in [4.69, 9.17) is 11.6 Å². The Morgan fingerprint density at radius 3 is 2.50 bits per heavy atom. The van der Waals surface area contributed by atoms with Gasteiger partial charge in [-0.1, -0.05) is 31.5 Å². The molecule has 18 heavy (non-hydrogen) atoms. The van der Waals surface area contributed by atoms with E-state index in [-0.39, 0.29) is 5.75 Å². The predicted molar refractivity (Wildman–Crippen MR) is 77.1 cm³/mol. The molecule has 0 saturated heterocycles. The number of phenolic OH excluding ortho intramolecular Hbond substituents is 1. The lowest BCUT2D eigenvalue weighted by Crippen LogP contribution is -2.41. The molecule has 2 N–H and O–H groups in total. The van der Waals surface area contributed by atoms with Gasteiger partial charge in [0.15, 0.2) is 0 Å². The third-order valence-corrected chi connectivity index (χ3v) is 3.43. The van der Waals surface area contributed by atoms with E-state index in [9.17, 15) is 5.11 Å². The van der Waals surface area contributed by atoms with Crippen LogP contribution in [0.25, 0.3) is 0 Å². The number of phenols is 1. The van der Waals surface area contributed by atoms with Gasteiger partial charge < -0.3 is 15.3 Å². The first-order valence-corrected chi connectivity index (χ1v) is 6.64. The average Bonchev–Trinajstić information content (AvgIpc) is 2.28. The standard InChI is InChI=1S/C14H23ClN2O/c1-10(2)13(17(3)4)9-16-8-11-5-6-14(18)12(15)7-11/h5-7,10,13,16,18H,8-9H2,1-4H3. The van der Waals surface area contributed by atoms with Gasteiger partial charge in [0, 0.05) is 19.1 Å². The van der Waals surface area contributed by atoms with Gasteiger partial charge in [-0.25, -0.2) is 0 Å². The van der Waals surface area contributed by atoms with Gasteiger partial charge in [0.25, 0.3) is 0 Å². The van der Waals surface area contributed by atoms with Gasteiger partial charge >= 0.3 is 0 Å². The summed E-state index contributed by atoms with van der Waals surface area (Å²) in [5.41, 5.74) is 1.08. The molecule has 1 aromatic rings. The monoisotopic (exact) mass is 270 g/mol. The minimum absolute atomic E-state index is 0.133. The zero-order valence-corrected chi connectivity index (χ0v) is 12.3. The fourth-order valence-corrected chi connectivity index (χ4v) is 2.24. The molecule has 0 radical (unpaired) electrons. The van der Waals surface area contributed by atoms with Gasteiger partial charge in [0.1, 0.15) is 5.75 Å². The molecule has 0 aliphatic heterocycles. The first-order chi connectivity index (χ1) is 8.41. The number of rotatable bonds is 6. The molecule has 102 valence electrons. The van der Waals surface area contributed by atoms with Crippen LogP contribution in [0.2, 0.25) is 5.02 Å². The van der Waals surface area contributed by atoms with E-state index >= 15 is 0 Å². The molecule has 0 heterocycles. The molecule has 0 aliphatic rings. The average molecular weight is 271 g/mol. The maximum absolute atomic E-state index is 9.34. The summed E-state index contributed by atoms with van der Waals surface area (Å²) in [4.78, 5) is 2.24. The number of likely N-dealkylation sites (N-methyl/N-ethyl adjacent to an activating group) is 1. The van der Waals surface area contributed by atoms with Gasteiger partial charge in [-0.15, -0.1) is 0 Å². The molecule has 0 aromatic heterocycles. The number of hydrogen-bond donors (Lipinski definition) is 2. The first-order valence-electron chi connectivity index (χ1n) is 6.26. The number of nitrogens with zero attached hydrogens (tertiary/aromatic N) is 1. The van der Waals surface area contributed by atoms with E-state index in [2.05, 4.69) is 38.2 Å². The van der Waals surface area contributed by atoms with Crippen molar-refractivity contribution >= 4 is 11.6 Å². The SMILES string of the molecule is CC(C)C(CNCc1ccc(O)c(Cl)c1)N(C)C. The Labute approximate surface area is 115 Å². The van der Waals surface area contributed by atoms with Crippen LogP contribution in [0.15, 0.2) is 18.2 Å². The van der Waals surface area contributed by atoms with E-state index in [0.717, 1.165) is 18.7 Å². The summed E-state index contributed by atoms with van der Waals surface area (Å²) < 4.78 is 0. The highest BCUT2D eigenvalue weighted by Crippen LogP contribution is 2.23.